The van der Waals surface area contributed by atoms with Gasteiger partial charge in [0.15, 0.2) is 5.96 Å². The minimum atomic E-state index is 0.169. The van der Waals surface area contributed by atoms with Crippen LogP contribution in [-0.4, -0.2) is 39.4 Å². The molecule has 5 nitrogen and oxygen atoms in total. The molecule has 0 amide bonds. The molecule has 0 spiro atoms. The van der Waals surface area contributed by atoms with Gasteiger partial charge < -0.3 is 20.1 Å². The minimum absolute atomic E-state index is 0.169. The summed E-state index contributed by atoms with van der Waals surface area (Å²) < 4.78 is 11.1. The van der Waals surface area contributed by atoms with Crippen LogP contribution in [0.25, 0.3) is 0 Å². The lowest BCUT2D eigenvalue weighted by Crippen LogP contribution is -2.39. The van der Waals surface area contributed by atoms with Gasteiger partial charge in [0.1, 0.15) is 5.75 Å². The molecule has 1 rings (SSSR count). The molecule has 24 heavy (non-hydrogen) atoms. The van der Waals surface area contributed by atoms with Crippen molar-refractivity contribution in [1.29, 1.82) is 0 Å². The van der Waals surface area contributed by atoms with E-state index in [1.54, 1.807) is 7.05 Å². The van der Waals surface area contributed by atoms with Gasteiger partial charge in [-0.05, 0) is 43.9 Å². The second-order valence-corrected chi connectivity index (χ2v) is 6.19. The summed E-state index contributed by atoms with van der Waals surface area (Å²) in [6.45, 7) is 11.5. The Morgan fingerprint density at radius 3 is 2.46 bits per heavy atom. The van der Waals surface area contributed by atoms with Crippen LogP contribution in [0.5, 0.6) is 5.75 Å². The molecule has 0 aliphatic rings. The van der Waals surface area contributed by atoms with Crippen molar-refractivity contribution in [3.05, 3.63) is 29.8 Å². The highest BCUT2D eigenvalue weighted by Gasteiger charge is 2.08. The Kier molecular flexibility index (Phi) is 9.92. The van der Waals surface area contributed by atoms with Crippen molar-refractivity contribution in [2.24, 2.45) is 10.9 Å². The lowest BCUT2D eigenvalue weighted by Gasteiger charge is -2.19. The smallest absolute Gasteiger partial charge is 0.191 e. The number of hydrogen-bond acceptors (Lipinski definition) is 3. The second kappa shape index (κ2) is 11.7. The molecule has 0 radical (unpaired) electrons. The summed E-state index contributed by atoms with van der Waals surface area (Å²) in [4.78, 5) is 4.27. The van der Waals surface area contributed by atoms with Crippen LogP contribution < -0.4 is 15.4 Å². The highest BCUT2D eigenvalue weighted by Crippen LogP contribution is 2.18. The van der Waals surface area contributed by atoms with Gasteiger partial charge in [-0.15, -0.1) is 0 Å². The monoisotopic (exact) mass is 335 g/mol. The summed E-state index contributed by atoms with van der Waals surface area (Å²) in [6, 6.07) is 8.40. The van der Waals surface area contributed by atoms with Crippen molar-refractivity contribution in [2.75, 3.05) is 33.4 Å². The van der Waals surface area contributed by atoms with Gasteiger partial charge in [-0.1, -0.05) is 26.0 Å². The summed E-state index contributed by atoms with van der Waals surface area (Å²) in [5, 5.41) is 6.71. The number of rotatable bonds is 10. The SMILES string of the molecule is CCOCCCNC(=NC)NC(C)c1ccc(OCC(C)C)cc1. The van der Waals surface area contributed by atoms with Crippen LogP contribution in [0.1, 0.15) is 45.7 Å². The average Bonchev–Trinajstić information content (AvgIpc) is 2.59. The van der Waals surface area contributed by atoms with E-state index in [-0.39, 0.29) is 6.04 Å². The first kappa shape index (κ1) is 20.3. The molecule has 0 aliphatic heterocycles. The van der Waals surface area contributed by atoms with E-state index in [2.05, 4.69) is 48.5 Å². The van der Waals surface area contributed by atoms with E-state index in [4.69, 9.17) is 9.47 Å². The van der Waals surface area contributed by atoms with Crippen molar-refractivity contribution >= 4 is 5.96 Å². The standard InChI is InChI=1S/C19H33N3O2/c1-6-23-13-7-12-21-19(20-5)22-16(4)17-8-10-18(11-9-17)24-14-15(2)3/h8-11,15-16H,6-7,12-14H2,1-5H3,(H2,20,21,22). The number of ether oxygens (including phenoxy) is 2. The molecule has 5 heteroatoms. The molecule has 1 aromatic rings. The number of benzene rings is 1. The number of nitrogens with zero attached hydrogens (tertiary/aromatic N) is 1. The third kappa shape index (κ3) is 8.20. The van der Waals surface area contributed by atoms with Gasteiger partial charge in [-0.2, -0.15) is 0 Å². The minimum Gasteiger partial charge on any atom is -0.493 e. The highest BCUT2D eigenvalue weighted by atomic mass is 16.5. The maximum Gasteiger partial charge on any atom is 0.191 e. The molecule has 0 bridgehead atoms. The van der Waals surface area contributed by atoms with Crippen LogP contribution in [0.4, 0.5) is 0 Å². The molecular weight excluding hydrogens is 302 g/mol. The zero-order valence-electron chi connectivity index (χ0n) is 15.8. The lowest BCUT2D eigenvalue weighted by atomic mass is 10.1. The van der Waals surface area contributed by atoms with Crippen LogP contribution in [0, 0.1) is 5.92 Å². The predicted octanol–water partition coefficient (Wildman–Crippen LogP) is 3.37. The van der Waals surface area contributed by atoms with Crippen molar-refractivity contribution in [3.8, 4) is 5.75 Å². The van der Waals surface area contributed by atoms with E-state index in [1.165, 1.54) is 5.56 Å². The third-order valence-corrected chi connectivity index (χ3v) is 3.50. The zero-order chi connectivity index (χ0) is 17.8. The number of guanidine groups is 1. The molecule has 0 aliphatic carbocycles. The van der Waals surface area contributed by atoms with E-state index >= 15 is 0 Å². The molecule has 0 aromatic heterocycles. The first-order valence-electron chi connectivity index (χ1n) is 8.84. The Morgan fingerprint density at radius 1 is 1.17 bits per heavy atom. The molecule has 0 saturated heterocycles. The topological polar surface area (TPSA) is 54.9 Å². The van der Waals surface area contributed by atoms with Gasteiger partial charge in [0.2, 0.25) is 0 Å². The summed E-state index contributed by atoms with van der Waals surface area (Å²) >= 11 is 0. The summed E-state index contributed by atoms with van der Waals surface area (Å²) in [7, 11) is 1.79. The first-order chi connectivity index (χ1) is 11.6. The number of nitrogens with one attached hydrogen (secondary N) is 2. The van der Waals surface area contributed by atoms with Crippen molar-refractivity contribution < 1.29 is 9.47 Å². The van der Waals surface area contributed by atoms with E-state index in [0.717, 1.165) is 44.5 Å². The van der Waals surface area contributed by atoms with Crippen molar-refractivity contribution in [3.63, 3.8) is 0 Å². The normalized spacial score (nSPS) is 13.0. The van der Waals surface area contributed by atoms with Gasteiger partial charge in [0.05, 0.1) is 12.6 Å². The maximum absolute atomic E-state index is 5.72. The van der Waals surface area contributed by atoms with Gasteiger partial charge in [0.25, 0.3) is 0 Å². The fraction of sp³-hybridized carbons (Fsp3) is 0.632. The maximum atomic E-state index is 5.72. The van der Waals surface area contributed by atoms with Crippen LogP contribution in [-0.2, 0) is 4.74 Å². The molecule has 1 atom stereocenters. The zero-order valence-corrected chi connectivity index (χ0v) is 15.8. The first-order valence-corrected chi connectivity index (χ1v) is 8.84. The fourth-order valence-corrected chi connectivity index (χ4v) is 2.12. The molecule has 136 valence electrons. The quantitative estimate of drug-likeness (QED) is 0.391. The molecule has 0 saturated carbocycles. The average molecular weight is 335 g/mol. The van der Waals surface area contributed by atoms with Crippen LogP contribution in [0.2, 0.25) is 0 Å². The Morgan fingerprint density at radius 2 is 1.88 bits per heavy atom. The Bertz CT molecular complexity index is 472. The van der Waals surface area contributed by atoms with Crippen molar-refractivity contribution in [2.45, 2.75) is 40.2 Å². The van der Waals surface area contributed by atoms with Gasteiger partial charge in [0, 0.05) is 26.8 Å². The van der Waals surface area contributed by atoms with E-state index in [1.807, 2.05) is 19.1 Å². The fourth-order valence-electron chi connectivity index (χ4n) is 2.12. The number of hydrogen-bond donors (Lipinski definition) is 2. The summed E-state index contributed by atoms with van der Waals surface area (Å²) in [5.41, 5.74) is 1.20. The molecule has 1 aromatic carbocycles. The van der Waals surface area contributed by atoms with Gasteiger partial charge in [-0.3, -0.25) is 4.99 Å². The van der Waals surface area contributed by atoms with E-state index in [0.29, 0.717) is 5.92 Å². The predicted molar refractivity (Wildman–Crippen MR) is 101 cm³/mol. The Labute approximate surface area is 146 Å². The third-order valence-electron chi connectivity index (χ3n) is 3.50. The van der Waals surface area contributed by atoms with Gasteiger partial charge >= 0.3 is 0 Å². The largest absolute Gasteiger partial charge is 0.493 e. The second-order valence-electron chi connectivity index (χ2n) is 6.19. The molecule has 0 heterocycles. The van der Waals surface area contributed by atoms with E-state index < -0.39 is 0 Å². The highest BCUT2D eigenvalue weighted by molar-refractivity contribution is 5.80. The van der Waals surface area contributed by atoms with E-state index in [9.17, 15) is 0 Å². The Hall–Kier alpha value is -1.75. The van der Waals surface area contributed by atoms with Gasteiger partial charge in [-0.25, -0.2) is 0 Å². The molecule has 1 unspecified atom stereocenters. The van der Waals surface area contributed by atoms with Crippen molar-refractivity contribution in [1.82, 2.24) is 10.6 Å². The lowest BCUT2D eigenvalue weighted by molar-refractivity contribution is 0.145. The summed E-state index contributed by atoms with van der Waals surface area (Å²) in [5.74, 6) is 2.25. The molecule has 0 fully saturated rings. The molecular formula is C19H33N3O2. The van der Waals surface area contributed by atoms with Crippen LogP contribution >= 0.6 is 0 Å². The Balaban J connectivity index is 2.43. The molecule has 2 N–H and O–H groups in total. The number of aliphatic imine (C=N–C) groups is 1. The van der Waals surface area contributed by atoms with Crippen LogP contribution in [0.3, 0.4) is 0 Å². The summed E-state index contributed by atoms with van der Waals surface area (Å²) in [6.07, 6.45) is 0.963. The van der Waals surface area contributed by atoms with Crippen LogP contribution in [0.15, 0.2) is 29.3 Å².